The van der Waals surface area contributed by atoms with E-state index in [0.717, 1.165) is 31.9 Å². The molecular formula is C15H23FN2O. The maximum absolute atomic E-state index is 13.8. The van der Waals surface area contributed by atoms with Crippen LogP contribution >= 0.6 is 0 Å². The lowest BCUT2D eigenvalue weighted by atomic mass is 9.82. The predicted molar refractivity (Wildman–Crippen MR) is 74.6 cm³/mol. The van der Waals surface area contributed by atoms with Crippen LogP contribution in [-0.4, -0.2) is 32.8 Å². The van der Waals surface area contributed by atoms with E-state index in [0.29, 0.717) is 6.54 Å². The minimum Gasteiger partial charge on any atom is -0.380 e. The molecule has 0 aromatic heterocycles. The second-order valence-electron chi connectivity index (χ2n) is 6.16. The van der Waals surface area contributed by atoms with Crippen LogP contribution in [0.15, 0.2) is 24.3 Å². The van der Waals surface area contributed by atoms with Gasteiger partial charge in [-0.2, -0.15) is 0 Å². The number of benzene rings is 1. The molecule has 3 nitrogen and oxygen atoms in total. The quantitative estimate of drug-likeness (QED) is 0.823. The molecule has 0 atom stereocenters. The third-order valence-corrected chi connectivity index (χ3v) is 3.92. The summed E-state index contributed by atoms with van der Waals surface area (Å²) in [5.41, 5.74) is 6.35. The average Bonchev–Trinajstić information content (AvgIpc) is 2.33. The first kappa shape index (κ1) is 14.4. The van der Waals surface area contributed by atoms with Gasteiger partial charge in [-0.1, -0.05) is 32.0 Å². The SMILES string of the molecule is CC(C)(CNCC1(CN)COC1)c1ccccc1F. The fourth-order valence-corrected chi connectivity index (χ4v) is 2.43. The molecule has 0 amide bonds. The maximum Gasteiger partial charge on any atom is 0.126 e. The van der Waals surface area contributed by atoms with Crippen LogP contribution in [0.5, 0.6) is 0 Å². The molecule has 0 bridgehead atoms. The van der Waals surface area contributed by atoms with E-state index in [1.165, 1.54) is 6.07 Å². The Labute approximate surface area is 114 Å². The summed E-state index contributed by atoms with van der Waals surface area (Å²) in [6, 6.07) is 6.96. The van der Waals surface area contributed by atoms with E-state index in [1.807, 2.05) is 26.0 Å². The van der Waals surface area contributed by atoms with Crippen molar-refractivity contribution in [2.24, 2.45) is 11.1 Å². The molecule has 2 rings (SSSR count). The van der Waals surface area contributed by atoms with Crippen LogP contribution in [0.25, 0.3) is 0 Å². The van der Waals surface area contributed by atoms with Gasteiger partial charge in [-0.15, -0.1) is 0 Å². The van der Waals surface area contributed by atoms with Gasteiger partial charge in [0.2, 0.25) is 0 Å². The standard InChI is InChI=1S/C15H23FN2O/c1-14(2,12-5-3-4-6-13(12)16)8-18-9-15(7-17)10-19-11-15/h3-6,18H,7-11,17H2,1-2H3. The summed E-state index contributed by atoms with van der Waals surface area (Å²) >= 11 is 0. The van der Waals surface area contributed by atoms with Crippen molar-refractivity contribution in [2.45, 2.75) is 19.3 Å². The van der Waals surface area contributed by atoms with Crippen LogP contribution in [0.3, 0.4) is 0 Å². The molecule has 106 valence electrons. The highest BCUT2D eigenvalue weighted by Crippen LogP contribution is 2.27. The summed E-state index contributed by atoms with van der Waals surface area (Å²) in [4.78, 5) is 0. The first-order valence-corrected chi connectivity index (χ1v) is 6.73. The first-order chi connectivity index (χ1) is 8.99. The predicted octanol–water partition coefficient (Wildman–Crippen LogP) is 1.67. The minimum atomic E-state index is -0.244. The van der Waals surface area contributed by atoms with Crippen molar-refractivity contribution in [2.75, 3.05) is 32.8 Å². The highest BCUT2D eigenvalue weighted by atomic mass is 19.1. The molecule has 1 saturated heterocycles. The van der Waals surface area contributed by atoms with E-state index in [-0.39, 0.29) is 16.6 Å². The Morgan fingerprint density at radius 3 is 2.58 bits per heavy atom. The number of nitrogens with one attached hydrogen (secondary N) is 1. The zero-order valence-corrected chi connectivity index (χ0v) is 11.7. The fourth-order valence-electron chi connectivity index (χ4n) is 2.43. The first-order valence-electron chi connectivity index (χ1n) is 6.73. The van der Waals surface area contributed by atoms with Crippen molar-refractivity contribution in [3.8, 4) is 0 Å². The van der Waals surface area contributed by atoms with Gasteiger partial charge in [-0.25, -0.2) is 4.39 Å². The molecule has 1 aromatic rings. The molecule has 1 aliphatic rings. The third-order valence-electron chi connectivity index (χ3n) is 3.92. The summed E-state index contributed by atoms with van der Waals surface area (Å²) in [5, 5.41) is 3.42. The minimum absolute atomic E-state index is 0.0747. The smallest absolute Gasteiger partial charge is 0.126 e. The Kier molecular flexibility index (Phi) is 4.23. The monoisotopic (exact) mass is 266 g/mol. The Bertz CT molecular complexity index is 424. The topological polar surface area (TPSA) is 47.3 Å². The van der Waals surface area contributed by atoms with Gasteiger partial charge in [0.15, 0.2) is 0 Å². The average molecular weight is 266 g/mol. The Morgan fingerprint density at radius 1 is 1.37 bits per heavy atom. The largest absolute Gasteiger partial charge is 0.380 e. The number of hydrogen-bond acceptors (Lipinski definition) is 3. The van der Waals surface area contributed by atoms with Crippen molar-refractivity contribution >= 4 is 0 Å². The molecule has 1 aromatic carbocycles. The molecule has 0 spiro atoms. The van der Waals surface area contributed by atoms with Gasteiger partial charge >= 0.3 is 0 Å². The molecule has 0 aliphatic carbocycles. The molecule has 0 radical (unpaired) electrons. The lowest BCUT2D eigenvalue weighted by Crippen LogP contribution is -2.55. The van der Waals surface area contributed by atoms with Crippen molar-refractivity contribution in [1.82, 2.24) is 5.32 Å². The molecule has 1 heterocycles. The summed E-state index contributed by atoms with van der Waals surface area (Å²) in [5.74, 6) is -0.144. The van der Waals surface area contributed by atoms with Gasteiger partial charge in [0.05, 0.1) is 13.2 Å². The second-order valence-corrected chi connectivity index (χ2v) is 6.16. The fraction of sp³-hybridized carbons (Fsp3) is 0.600. The van der Waals surface area contributed by atoms with Gasteiger partial charge in [0.25, 0.3) is 0 Å². The van der Waals surface area contributed by atoms with E-state index < -0.39 is 0 Å². The molecular weight excluding hydrogens is 243 g/mol. The summed E-state index contributed by atoms with van der Waals surface area (Å²) in [6.45, 7) is 7.69. The van der Waals surface area contributed by atoms with Gasteiger partial charge < -0.3 is 15.8 Å². The van der Waals surface area contributed by atoms with E-state index in [4.69, 9.17) is 10.5 Å². The van der Waals surface area contributed by atoms with Crippen molar-refractivity contribution in [3.63, 3.8) is 0 Å². The highest BCUT2D eigenvalue weighted by molar-refractivity contribution is 5.25. The third kappa shape index (κ3) is 3.14. The maximum atomic E-state index is 13.8. The van der Waals surface area contributed by atoms with Crippen molar-refractivity contribution in [3.05, 3.63) is 35.6 Å². The normalized spacial score (nSPS) is 18.1. The Morgan fingerprint density at radius 2 is 2.05 bits per heavy atom. The molecule has 19 heavy (non-hydrogen) atoms. The Hall–Kier alpha value is -0.970. The van der Waals surface area contributed by atoms with E-state index in [1.54, 1.807) is 6.07 Å². The van der Waals surface area contributed by atoms with Gasteiger partial charge in [-0.05, 0) is 11.6 Å². The summed E-state index contributed by atoms with van der Waals surface area (Å²) in [6.07, 6.45) is 0. The molecule has 4 heteroatoms. The van der Waals surface area contributed by atoms with Crippen molar-refractivity contribution in [1.29, 1.82) is 0 Å². The number of ether oxygens (including phenoxy) is 1. The molecule has 1 fully saturated rings. The lowest BCUT2D eigenvalue weighted by Gasteiger charge is -2.41. The van der Waals surface area contributed by atoms with Gasteiger partial charge in [0.1, 0.15) is 5.82 Å². The van der Waals surface area contributed by atoms with Gasteiger partial charge in [-0.3, -0.25) is 0 Å². The zero-order valence-electron chi connectivity index (χ0n) is 11.7. The number of nitrogens with two attached hydrogens (primary N) is 1. The second kappa shape index (κ2) is 5.57. The van der Waals surface area contributed by atoms with Gasteiger partial charge in [0, 0.05) is 30.5 Å². The summed E-state index contributed by atoms with van der Waals surface area (Å²) < 4.78 is 19.1. The van der Waals surface area contributed by atoms with Crippen LogP contribution in [0.4, 0.5) is 4.39 Å². The number of rotatable bonds is 6. The number of halogens is 1. The van der Waals surface area contributed by atoms with Crippen LogP contribution in [0.1, 0.15) is 19.4 Å². The summed E-state index contributed by atoms with van der Waals surface area (Å²) in [7, 11) is 0. The van der Waals surface area contributed by atoms with Crippen LogP contribution in [0, 0.1) is 11.2 Å². The molecule has 0 unspecified atom stereocenters. The van der Waals surface area contributed by atoms with Crippen LogP contribution in [0.2, 0.25) is 0 Å². The lowest BCUT2D eigenvalue weighted by molar-refractivity contribution is -0.105. The molecule has 3 N–H and O–H groups in total. The molecule has 1 aliphatic heterocycles. The Balaban J connectivity index is 1.93. The van der Waals surface area contributed by atoms with E-state index in [2.05, 4.69) is 5.32 Å². The zero-order chi connectivity index (χ0) is 13.9. The van der Waals surface area contributed by atoms with Crippen molar-refractivity contribution < 1.29 is 9.13 Å². The highest BCUT2D eigenvalue weighted by Gasteiger charge is 2.37. The molecule has 0 saturated carbocycles. The van der Waals surface area contributed by atoms with E-state index >= 15 is 0 Å². The van der Waals surface area contributed by atoms with Crippen LogP contribution in [-0.2, 0) is 10.2 Å². The van der Waals surface area contributed by atoms with Crippen LogP contribution < -0.4 is 11.1 Å². The van der Waals surface area contributed by atoms with E-state index in [9.17, 15) is 4.39 Å². The number of hydrogen-bond donors (Lipinski definition) is 2.